The van der Waals surface area contributed by atoms with Crippen LogP contribution in [0.1, 0.15) is 32.1 Å². The second kappa shape index (κ2) is 2.21. The molecule has 1 spiro atoms. The molecule has 2 unspecified atom stereocenters. The van der Waals surface area contributed by atoms with Crippen LogP contribution >= 0.6 is 0 Å². The molecule has 3 heteroatoms. The van der Waals surface area contributed by atoms with E-state index < -0.39 is 11.7 Å². The number of carbonyl (C=O) groups is 1. The minimum Gasteiger partial charge on any atom is -0.456 e. The number of aliphatic hydroxyl groups excluding tert-OH is 1. The van der Waals surface area contributed by atoms with Gasteiger partial charge in [0.25, 0.3) is 0 Å². The zero-order valence-corrected chi connectivity index (χ0v) is 6.38. The molecule has 1 N–H and O–H groups in total. The predicted octanol–water partition coefficient (Wildman–Crippen LogP) is 0.607. The summed E-state index contributed by atoms with van der Waals surface area (Å²) in [5.74, 6) is -0.147. The summed E-state index contributed by atoms with van der Waals surface area (Å²) in [5, 5.41) is 9.52. The van der Waals surface area contributed by atoms with Crippen molar-refractivity contribution in [1.29, 1.82) is 0 Å². The fraction of sp³-hybridized carbons (Fsp3) is 0.875. The van der Waals surface area contributed by atoms with Gasteiger partial charge in [0.1, 0.15) is 5.60 Å². The Morgan fingerprint density at radius 2 is 2.36 bits per heavy atom. The third kappa shape index (κ3) is 0.948. The first-order chi connectivity index (χ1) is 5.23. The lowest BCUT2D eigenvalue weighted by Crippen LogP contribution is -2.36. The molecule has 0 bridgehead atoms. The summed E-state index contributed by atoms with van der Waals surface area (Å²) in [6.07, 6.45) is 3.40. The highest BCUT2D eigenvalue weighted by Crippen LogP contribution is 2.41. The predicted molar refractivity (Wildman–Crippen MR) is 37.9 cm³/mol. The van der Waals surface area contributed by atoms with Gasteiger partial charge < -0.3 is 9.84 Å². The summed E-state index contributed by atoms with van der Waals surface area (Å²) in [4.78, 5) is 10.8. The maximum atomic E-state index is 10.8. The van der Waals surface area contributed by atoms with Crippen molar-refractivity contribution < 1.29 is 14.6 Å². The molecule has 3 nitrogen and oxygen atoms in total. The SMILES string of the molecule is O=C1CCC2(CCCC2O)O1. The van der Waals surface area contributed by atoms with Crippen LogP contribution in [0.4, 0.5) is 0 Å². The van der Waals surface area contributed by atoms with E-state index in [2.05, 4.69) is 0 Å². The molecule has 2 atom stereocenters. The fourth-order valence-corrected chi connectivity index (χ4v) is 2.08. The molecule has 0 aromatic carbocycles. The van der Waals surface area contributed by atoms with Gasteiger partial charge in [0.05, 0.1) is 6.10 Å². The normalized spacial score (nSPS) is 43.4. The van der Waals surface area contributed by atoms with Crippen molar-refractivity contribution >= 4 is 5.97 Å². The number of esters is 1. The summed E-state index contributed by atoms with van der Waals surface area (Å²) in [6.45, 7) is 0. The van der Waals surface area contributed by atoms with Crippen molar-refractivity contribution in [3.63, 3.8) is 0 Å². The van der Waals surface area contributed by atoms with Gasteiger partial charge in [0.2, 0.25) is 0 Å². The van der Waals surface area contributed by atoms with Crippen molar-refractivity contribution in [3.8, 4) is 0 Å². The van der Waals surface area contributed by atoms with E-state index in [-0.39, 0.29) is 5.97 Å². The second-order valence-corrected chi connectivity index (χ2v) is 3.45. The van der Waals surface area contributed by atoms with Gasteiger partial charge in [0.15, 0.2) is 0 Å². The Balaban J connectivity index is 2.16. The van der Waals surface area contributed by atoms with E-state index in [9.17, 15) is 9.90 Å². The zero-order valence-electron chi connectivity index (χ0n) is 6.38. The highest BCUT2D eigenvalue weighted by atomic mass is 16.6. The van der Waals surface area contributed by atoms with Crippen LogP contribution in [0.5, 0.6) is 0 Å². The molecule has 62 valence electrons. The average molecular weight is 156 g/mol. The lowest BCUT2D eigenvalue weighted by atomic mass is 9.96. The lowest BCUT2D eigenvalue weighted by Gasteiger charge is -2.25. The number of rotatable bonds is 0. The molecular formula is C8H12O3. The molecule has 0 aromatic rings. The molecule has 1 aliphatic heterocycles. The second-order valence-electron chi connectivity index (χ2n) is 3.45. The van der Waals surface area contributed by atoms with Gasteiger partial charge in [-0.3, -0.25) is 4.79 Å². The molecule has 1 aliphatic carbocycles. The van der Waals surface area contributed by atoms with Gasteiger partial charge in [-0.05, 0) is 19.3 Å². The summed E-state index contributed by atoms with van der Waals surface area (Å²) in [5.41, 5.74) is -0.475. The largest absolute Gasteiger partial charge is 0.456 e. The third-order valence-corrected chi connectivity index (χ3v) is 2.75. The number of carbonyl (C=O) groups excluding carboxylic acids is 1. The topological polar surface area (TPSA) is 46.5 Å². The van der Waals surface area contributed by atoms with Crippen LogP contribution in [-0.2, 0) is 9.53 Å². The minimum atomic E-state index is -0.475. The monoisotopic (exact) mass is 156 g/mol. The Labute approximate surface area is 65.4 Å². The van der Waals surface area contributed by atoms with Crippen molar-refractivity contribution in [3.05, 3.63) is 0 Å². The number of ether oxygens (including phenoxy) is 1. The molecule has 0 amide bonds. The summed E-state index contributed by atoms with van der Waals surface area (Å²) < 4.78 is 5.13. The molecule has 1 saturated carbocycles. The molecule has 0 aromatic heterocycles. The Hall–Kier alpha value is -0.570. The maximum absolute atomic E-state index is 10.8. The van der Waals surface area contributed by atoms with Gasteiger partial charge in [0, 0.05) is 12.8 Å². The van der Waals surface area contributed by atoms with Gasteiger partial charge in [-0.15, -0.1) is 0 Å². The number of hydrogen-bond acceptors (Lipinski definition) is 3. The Morgan fingerprint density at radius 3 is 2.82 bits per heavy atom. The lowest BCUT2D eigenvalue weighted by molar-refractivity contribution is -0.155. The van der Waals surface area contributed by atoms with E-state index in [0.717, 1.165) is 19.3 Å². The Kier molecular flexibility index (Phi) is 1.42. The first kappa shape index (κ1) is 7.10. The van der Waals surface area contributed by atoms with Crippen molar-refractivity contribution in [2.45, 2.75) is 43.8 Å². The first-order valence-corrected chi connectivity index (χ1v) is 4.13. The molecule has 11 heavy (non-hydrogen) atoms. The molecule has 2 rings (SSSR count). The van der Waals surface area contributed by atoms with Crippen LogP contribution < -0.4 is 0 Å². The summed E-state index contributed by atoms with van der Waals surface area (Å²) >= 11 is 0. The quantitative estimate of drug-likeness (QED) is 0.522. The van der Waals surface area contributed by atoms with E-state index in [0.29, 0.717) is 12.8 Å². The van der Waals surface area contributed by atoms with Crippen LogP contribution in [0.15, 0.2) is 0 Å². The van der Waals surface area contributed by atoms with Crippen molar-refractivity contribution in [2.24, 2.45) is 0 Å². The highest BCUT2D eigenvalue weighted by molar-refractivity contribution is 5.72. The van der Waals surface area contributed by atoms with E-state index in [1.54, 1.807) is 0 Å². The maximum Gasteiger partial charge on any atom is 0.306 e. The molecular weight excluding hydrogens is 144 g/mol. The van der Waals surface area contributed by atoms with Gasteiger partial charge >= 0.3 is 5.97 Å². The Morgan fingerprint density at radius 1 is 1.55 bits per heavy atom. The number of aliphatic hydroxyl groups is 1. The molecule has 2 fully saturated rings. The first-order valence-electron chi connectivity index (χ1n) is 4.13. The van der Waals surface area contributed by atoms with E-state index in [4.69, 9.17) is 4.74 Å². The Bertz CT molecular complexity index is 190. The van der Waals surface area contributed by atoms with Crippen LogP contribution in [0.25, 0.3) is 0 Å². The minimum absolute atomic E-state index is 0.147. The smallest absolute Gasteiger partial charge is 0.306 e. The van der Waals surface area contributed by atoms with Crippen LogP contribution in [0, 0.1) is 0 Å². The highest BCUT2D eigenvalue weighted by Gasteiger charge is 2.49. The van der Waals surface area contributed by atoms with Crippen LogP contribution in [0.2, 0.25) is 0 Å². The van der Waals surface area contributed by atoms with Gasteiger partial charge in [-0.25, -0.2) is 0 Å². The van der Waals surface area contributed by atoms with E-state index in [1.165, 1.54) is 0 Å². The van der Waals surface area contributed by atoms with E-state index >= 15 is 0 Å². The van der Waals surface area contributed by atoms with E-state index in [1.807, 2.05) is 0 Å². The average Bonchev–Trinajstić information content (AvgIpc) is 2.46. The van der Waals surface area contributed by atoms with Gasteiger partial charge in [-0.2, -0.15) is 0 Å². The van der Waals surface area contributed by atoms with Gasteiger partial charge in [-0.1, -0.05) is 0 Å². The summed E-state index contributed by atoms with van der Waals surface area (Å²) in [6, 6.07) is 0. The standard InChI is InChI=1S/C8H12O3/c9-6-2-1-4-8(6)5-3-7(10)11-8/h6,9H,1-5H2. The zero-order chi connectivity index (χ0) is 7.90. The third-order valence-electron chi connectivity index (χ3n) is 2.75. The fourth-order valence-electron chi connectivity index (χ4n) is 2.08. The molecule has 2 aliphatic rings. The molecule has 1 saturated heterocycles. The van der Waals surface area contributed by atoms with Crippen molar-refractivity contribution in [1.82, 2.24) is 0 Å². The summed E-state index contributed by atoms with van der Waals surface area (Å²) in [7, 11) is 0. The van der Waals surface area contributed by atoms with Crippen LogP contribution in [0.3, 0.4) is 0 Å². The molecule has 0 radical (unpaired) electrons. The van der Waals surface area contributed by atoms with Crippen LogP contribution in [-0.4, -0.2) is 22.8 Å². The van der Waals surface area contributed by atoms with Crippen molar-refractivity contribution in [2.75, 3.05) is 0 Å². The molecule has 1 heterocycles. The number of hydrogen-bond donors (Lipinski definition) is 1.